The van der Waals surface area contributed by atoms with Gasteiger partial charge in [-0.25, -0.2) is 0 Å². The van der Waals surface area contributed by atoms with E-state index in [2.05, 4.69) is 28.1 Å². The summed E-state index contributed by atoms with van der Waals surface area (Å²) in [5.41, 5.74) is 7.47. The summed E-state index contributed by atoms with van der Waals surface area (Å²) in [5, 5.41) is 0. The standard InChI is InChI=1S/C15H22BrNO/c1-18-15-9-7-12(10-13(15)16)14(17)8-6-11-4-2-3-5-11/h7,9-11,14H,2-6,8,17H2,1H3. The normalized spacial score (nSPS) is 17.9. The number of ether oxygens (including phenoxy) is 1. The average molecular weight is 312 g/mol. The van der Waals surface area contributed by atoms with Crippen molar-refractivity contribution in [1.82, 2.24) is 0 Å². The van der Waals surface area contributed by atoms with Crippen molar-refractivity contribution in [3.8, 4) is 5.75 Å². The number of rotatable bonds is 5. The lowest BCUT2D eigenvalue weighted by molar-refractivity contribution is 0.411. The highest BCUT2D eigenvalue weighted by Crippen LogP contribution is 2.32. The van der Waals surface area contributed by atoms with Crippen LogP contribution in [0.15, 0.2) is 22.7 Å². The molecule has 2 nitrogen and oxygen atoms in total. The van der Waals surface area contributed by atoms with Gasteiger partial charge >= 0.3 is 0 Å². The zero-order chi connectivity index (χ0) is 13.0. The molecule has 1 fully saturated rings. The summed E-state index contributed by atoms with van der Waals surface area (Å²) in [5.74, 6) is 1.78. The van der Waals surface area contributed by atoms with Crippen molar-refractivity contribution in [2.24, 2.45) is 11.7 Å². The fourth-order valence-corrected chi connectivity index (χ4v) is 3.35. The number of benzene rings is 1. The van der Waals surface area contributed by atoms with E-state index in [9.17, 15) is 0 Å². The molecule has 0 aromatic heterocycles. The summed E-state index contributed by atoms with van der Waals surface area (Å²) in [4.78, 5) is 0. The first-order valence-corrected chi connectivity index (χ1v) is 7.59. The van der Waals surface area contributed by atoms with E-state index in [1.54, 1.807) is 7.11 Å². The van der Waals surface area contributed by atoms with Crippen LogP contribution in [0.5, 0.6) is 5.75 Å². The summed E-state index contributed by atoms with van der Waals surface area (Å²) in [6.07, 6.45) is 7.98. The Morgan fingerprint density at radius 3 is 2.72 bits per heavy atom. The average Bonchev–Trinajstić information content (AvgIpc) is 2.89. The van der Waals surface area contributed by atoms with Crippen LogP contribution in [0.25, 0.3) is 0 Å². The predicted octanol–water partition coefficient (Wildman–Crippen LogP) is 4.43. The lowest BCUT2D eigenvalue weighted by Crippen LogP contribution is -2.11. The van der Waals surface area contributed by atoms with Crippen molar-refractivity contribution in [2.75, 3.05) is 7.11 Å². The summed E-state index contributed by atoms with van der Waals surface area (Å²) >= 11 is 3.51. The van der Waals surface area contributed by atoms with Crippen LogP contribution in [0.1, 0.15) is 50.1 Å². The van der Waals surface area contributed by atoms with Gasteiger partial charge in [0.25, 0.3) is 0 Å². The topological polar surface area (TPSA) is 35.2 Å². The molecule has 2 rings (SSSR count). The van der Waals surface area contributed by atoms with Gasteiger partial charge in [0.1, 0.15) is 5.75 Å². The van der Waals surface area contributed by atoms with E-state index < -0.39 is 0 Å². The molecule has 3 heteroatoms. The summed E-state index contributed by atoms with van der Waals surface area (Å²) in [7, 11) is 1.68. The van der Waals surface area contributed by atoms with Crippen LogP contribution in [0.4, 0.5) is 0 Å². The van der Waals surface area contributed by atoms with E-state index in [1.165, 1.54) is 37.7 Å². The van der Waals surface area contributed by atoms with Crippen LogP contribution < -0.4 is 10.5 Å². The molecule has 1 saturated carbocycles. The first-order valence-electron chi connectivity index (χ1n) is 6.79. The smallest absolute Gasteiger partial charge is 0.133 e. The molecule has 2 N–H and O–H groups in total. The summed E-state index contributed by atoms with van der Waals surface area (Å²) in [6.45, 7) is 0. The summed E-state index contributed by atoms with van der Waals surface area (Å²) < 4.78 is 6.22. The number of nitrogens with two attached hydrogens (primary N) is 1. The molecule has 18 heavy (non-hydrogen) atoms. The molecule has 0 saturated heterocycles. The second-order valence-electron chi connectivity index (χ2n) is 5.23. The fourth-order valence-electron chi connectivity index (χ4n) is 2.79. The highest BCUT2D eigenvalue weighted by Gasteiger charge is 2.17. The Morgan fingerprint density at radius 2 is 2.11 bits per heavy atom. The molecule has 1 unspecified atom stereocenters. The van der Waals surface area contributed by atoms with Gasteiger partial charge in [0.05, 0.1) is 11.6 Å². The molecule has 0 radical (unpaired) electrons. The maximum Gasteiger partial charge on any atom is 0.133 e. The van der Waals surface area contributed by atoms with Gasteiger partial charge in [0.15, 0.2) is 0 Å². The van der Waals surface area contributed by atoms with Crippen molar-refractivity contribution < 1.29 is 4.74 Å². The predicted molar refractivity (Wildman–Crippen MR) is 78.8 cm³/mol. The Bertz CT molecular complexity index is 388. The molecule has 1 aliphatic carbocycles. The zero-order valence-electron chi connectivity index (χ0n) is 11.0. The Labute approximate surface area is 118 Å². The maximum atomic E-state index is 6.27. The van der Waals surface area contributed by atoms with E-state index in [-0.39, 0.29) is 6.04 Å². The van der Waals surface area contributed by atoms with Gasteiger partial charge in [-0.3, -0.25) is 0 Å². The van der Waals surface area contributed by atoms with Crippen molar-refractivity contribution in [3.63, 3.8) is 0 Å². The minimum Gasteiger partial charge on any atom is -0.496 e. The second kappa shape index (κ2) is 6.58. The van der Waals surface area contributed by atoms with Crippen molar-refractivity contribution in [1.29, 1.82) is 0 Å². The highest BCUT2D eigenvalue weighted by molar-refractivity contribution is 9.10. The van der Waals surface area contributed by atoms with Gasteiger partial charge in [-0.15, -0.1) is 0 Å². The van der Waals surface area contributed by atoms with E-state index in [4.69, 9.17) is 10.5 Å². The minimum atomic E-state index is 0.146. The molecule has 1 aromatic rings. The molecule has 0 amide bonds. The second-order valence-corrected chi connectivity index (χ2v) is 6.08. The molecule has 0 spiro atoms. The van der Waals surface area contributed by atoms with Gasteiger partial charge in [0, 0.05) is 6.04 Å². The molecule has 1 atom stereocenters. The van der Waals surface area contributed by atoms with E-state index in [0.29, 0.717) is 0 Å². The monoisotopic (exact) mass is 311 g/mol. The van der Waals surface area contributed by atoms with Crippen LogP contribution in [-0.2, 0) is 0 Å². The number of hydrogen-bond acceptors (Lipinski definition) is 2. The van der Waals surface area contributed by atoms with Gasteiger partial charge in [0.2, 0.25) is 0 Å². The van der Waals surface area contributed by atoms with Crippen molar-refractivity contribution in [3.05, 3.63) is 28.2 Å². The molecular weight excluding hydrogens is 290 g/mol. The van der Waals surface area contributed by atoms with Gasteiger partial charge in [-0.05, 0) is 52.4 Å². The van der Waals surface area contributed by atoms with Gasteiger partial charge in [-0.2, -0.15) is 0 Å². The van der Waals surface area contributed by atoms with E-state index >= 15 is 0 Å². The fraction of sp³-hybridized carbons (Fsp3) is 0.600. The number of methoxy groups -OCH3 is 1. The third-order valence-electron chi connectivity index (χ3n) is 3.96. The largest absolute Gasteiger partial charge is 0.496 e. The maximum absolute atomic E-state index is 6.27. The SMILES string of the molecule is COc1ccc(C(N)CCC2CCCC2)cc1Br. The molecule has 0 aliphatic heterocycles. The van der Waals surface area contributed by atoms with Crippen LogP contribution >= 0.6 is 15.9 Å². The zero-order valence-corrected chi connectivity index (χ0v) is 12.6. The first kappa shape index (κ1) is 13.9. The van der Waals surface area contributed by atoms with E-state index in [0.717, 1.165) is 22.6 Å². The molecule has 1 aromatic carbocycles. The van der Waals surface area contributed by atoms with Crippen molar-refractivity contribution >= 4 is 15.9 Å². The molecule has 0 bridgehead atoms. The number of halogens is 1. The highest BCUT2D eigenvalue weighted by atomic mass is 79.9. The van der Waals surface area contributed by atoms with Gasteiger partial charge < -0.3 is 10.5 Å². The van der Waals surface area contributed by atoms with Crippen molar-refractivity contribution in [2.45, 2.75) is 44.6 Å². The Kier molecular flexibility index (Phi) is 5.07. The molecular formula is C15H22BrNO. The Morgan fingerprint density at radius 1 is 1.39 bits per heavy atom. The minimum absolute atomic E-state index is 0.146. The van der Waals surface area contributed by atoms with E-state index in [1.807, 2.05) is 6.07 Å². The Balaban J connectivity index is 1.91. The molecule has 1 aliphatic rings. The number of hydrogen-bond donors (Lipinski definition) is 1. The lowest BCUT2D eigenvalue weighted by Gasteiger charge is -2.16. The first-order chi connectivity index (χ1) is 8.70. The summed E-state index contributed by atoms with van der Waals surface area (Å²) in [6, 6.07) is 6.28. The van der Waals surface area contributed by atoms with Crippen LogP contribution in [0, 0.1) is 5.92 Å². The molecule has 100 valence electrons. The molecule has 0 heterocycles. The van der Waals surface area contributed by atoms with Gasteiger partial charge in [-0.1, -0.05) is 31.7 Å². The third kappa shape index (κ3) is 3.48. The van der Waals surface area contributed by atoms with Crippen LogP contribution in [0.2, 0.25) is 0 Å². The Hall–Kier alpha value is -0.540. The van der Waals surface area contributed by atoms with Crippen LogP contribution in [-0.4, -0.2) is 7.11 Å². The lowest BCUT2D eigenvalue weighted by atomic mass is 9.95. The third-order valence-corrected chi connectivity index (χ3v) is 4.58. The van der Waals surface area contributed by atoms with Crippen LogP contribution in [0.3, 0.4) is 0 Å². The quantitative estimate of drug-likeness (QED) is 0.873.